The Hall–Kier alpha value is -2.49. The number of alkyl halides is 3. The third-order valence-electron chi connectivity index (χ3n) is 3.68. The molecule has 3 N–H and O–H groups in total. The topological polar surface area (TPSA) is 94.3 Å². The monoisotopic (exact) mass is 386 g/mol. The molecule has 0 spiro atoms. The molecule has 1 aromatic heterocycles. The van der Waals surface area contributed by atoms with Crippen molar-refractivity contribution in [1.29, 1.82) is 0 Å². The first kappa shape index (κ1) is 18.3. The molecular weight excluding hydrogens is 371 g/mol. The summed E-state index contributed by atoms with van der Waals surface area (Å²) in [6, 6.07) is 5.30. The first-order valence-corrected chi connectivity index (χ1v) is 9.04. The lowest BCUT2D eigenvalue weighted by atomic mass is 10.3. The van der Waals surface area contributed by atoms with Gasteiger partial charge in [-0.25, -0.2) is 13.4 Å². The molecule has 0 aliphatic heterocycles. The molecule has 0 bridgehead atoms. The summed E-state index contributed by atoms with van der Waals surface area (Å²) in [5.74, 6) is -0.388. The first-order chi connectivity index (χ1) is 12.1. The predicted octanol–water partition coefficient (Wildman–Crippen LogP) is 3.15. The molecule has 26 heavy (non-hydrogen) atoms. The van der Waals surface area contributed by atoms with E-state index in [1.165, 1.54) is 6.07 Å². The minimum Gasteiger partial charge on any atom is -0.406 e. The summed E-state index contributed by atoms with van der Waals surface area (Å²) in [6.45, 7) is 3.66. The molecule has 1 aliphatic rings. The number of pyridine rings is 1. The predicted molar refractivity (Wildman–Crippen MR) is 88.3 cm³/mol. The highest BCUT2D eigenvalue weighted by atomic mass is 32.2. The SMILES string of the molecule is [CH2]c1nc(NC2CC2)c(S(=O)(=O)c2ccc(OC(F)(F)F)cc2)cc1N. The van der Waals surface area contributed by atoms with E-state index in [-0.39, 0.29) is 33.0 Å². The molecule has 6 nitrogen and oxygen atoms in total. The fourth-order valence-electron chi connectivity index (χ4n) is 2.22. The highest BCUT2D eigenvalue weighted by Gasteiger charge is 2.32. The van der Waals surface area contributed by atoms with Crippen LogP contribution in [0.5, 0.6) is 5.75 Å². The molecule has 1 fully saturated rings. The molecule has 3 rings (SSSR count). The molecule has 1 aromatic carbocycles. The van der Waals surface area contributed by atoms with Crippen LogP contribution >= 0.6 is 0 Å². The summed E-state index contributed by atoms with van der Waals surface area (Å²) < 4.78 is 66.2. The summed E-state index contributed by atoms with van der Waals surface area (Å²) in [7, 11) is -4.06. The summed E-state index contributed by atoms with van der Waals surface area (Å²) in [6.07, 6.45) is -3.08. The van der Waals surface area contributed by atoms with Crippen molar-refractivity contribution >= 4 is 21.3 Å². The highest BCUT2D eigenvalue weighted by molar-refractivity contribution is 7.91. The summed E-state index contributed by atoms with van der Waals surface area (Å²) in [5.41, 5.74) is 6.08. The van der Waals surface area contributed by atoms with E-state index < -0.39 is 21.9 Å². The number of rotatable bonds is 5. The fourth-order valence-corrected chi connectivity index (χ4v) is 3.61. The number of hydrogen-bond donors (Lipinski definition) is 2. The molecule has 139 valence electrons. The lowest BCUT2D eigenvalue weighted by Gasteiger charge is -2.14. The molecule has 1 saturated carbocycles. The van der Waals surface area contributed by atoms with Crippen molar-refractivity contribution in [3.63, 3.8) is 0 Å². The van der Waals surface area contributed by atoms with Gasteiger partial charge in [0, 0.05) is 6.04 Å². The number of nitrogen functional groups attached to an aromatic ring is 1. The van der Waals surface area contributed by atoms with Gasteiger partial charge in [-0.3, -0.25) is 0 Å². The van der Waals surface area contributed by atoms with Gasteiger partial charge in [0.15, 0.2) is 0 Å². The maximum absolute atomic E-state index is 12.9. The van der Waals surface area contributed by atoms with Crippen LogP contribution in [-0.4, -0.2) is 25.8 Å². The van der Waals surface area contributed by atoms with Gasteiger partial charge in [-0.15, -0.1) is 13.2 Å². The Morgan fingerprint density at radius 3 is 2.38 bits per heavy atom. The normalized spacial score (nSPS) is 14.9. The number of aromatic nitrogens is 1. The number of anilines is 2. The van der Waals surface area contributed by atoms with Crippen LogP contribution in [0.1, 0.15) is 18.5 Å². The minimum atomic E-state index is -4.86. The third kappa shape index (κ3) is 4.01. The summed E-state index contributed by atoms with van der Waals surface area (Å²) in [5, 5.41) is 3.01. The van der Waals surface area contributed by atoms with Gasteiger partial charge in [-0.2, -0.15) is 0 Å². The van der Waals surface area contributed by atoms with Crippen molar-refractivity contribution in [3.8, 4) is 5.75 Å². The largest absolute Gasteiger partial charge is 0.573 e. The van der Waals surface area contributed by atoms with Crippen LogP contribution in [0.15, 0.2) is 40.1 Å². The van der Waals surface area contributed by atoms with Crippen molar-refractivity contribution in [3.05, 3.63) is 42.9 Å². The number of nitrogens with one attached hydrogen (secondary N) is 1. The van der Waals surface area contributed by atoms with Gasteiger partial charge >= 0.3 is 6.36 Å². The maximum Gasteiger partial charge on any atom is 0.573 e. The van der Waals surface area contributed by atoms with Gasteiger partial charge in [-0.05, 0) is 50.1 Å². The van der Waals surface area contributed by atoms with Crippen LogP contribution in [0.4, 0.5) is 24.7 Å². The lowest BCUT2D eigenvalue weighted by molar-refractivity contribution is -0.274. The Kier molecular flexibility index (Phi) is 4.47. The first-order valence-electron chi connectivity index (χ1n) is 7.56. The van der Waals surface area contributed by atoms with E-state index in [1.54, 1.807) is 0 Å². The quantitative estimate of drug-likeness (QED) is 0.820. The maximum atomic E-state index is 12.9. The van der Waals surface area contributed by atoms with Crippen molar-refractivity contribution in [2.24, 2.45) is 0 Å². The standard InChI is InChI=1S/C16H15F3N3O3S/c1-9-13(20)8-14(15(21-9)22-10-2-3-10)26(23,24)12-6-4-11(5-7-12)25-16(17,18)19/h4-8,10H,1-3,20H2,(H,21,22). The Labute approximate surface area is 148 Å². The molecule has 1 heterocycles. The van der Waals surface area contributed by atoms with E-state index in [0.717, 1.165) is 37.1 Å². The Morgan fingerprint density at radius 2 is 1.85 bits per heavy atom. The van der Waals surface area contributed by atoms with E-state index in [9.17, 15) is 21.6 Å². The van der Waals surface area contributed by atoms with E-state index in [1.807, 2.05) is 0 Å². The van der Waals surface area contributed by atoms with Crippen molar-refractivity contribution in [1.82, 2.24) is 4.98 Å². The molecule has 10 heteroatoms. The third-order valence-corrected chi connectivity index (χ3v) is 5.46. The second-order valence-corrected chi connectivity index (χ2v) is 7.73. The average Bonchev–Trinajstić information content (AvgIpc) is 3.33. The lowest BCUT2D eigenvalue weighted by Crippen LogP contribution is -2.17. The molecule has 0 amide bonds. The Morgan fingerprint density at radius 1 is 1.23 bits per heavy atom. The fraction of sp³-hybridized carbons (Fsp3) is 0.250. The number of nitrogens with zero attached hydrogens (tertiary/aromatic N) is 1. The molecule has 1 aliphatic carbocycles. The molecule has 2 aromatic rings. The van der Waals surface area contributed by atoms with Crippen LogP contribution in [-0.2, 0) is 9.84 Å². The van der Waals surface area contributed by atoms with Crippen LogP contribution in [0.25, 0.3) is 0 Å². The van der Waals surface area contributed by atoms with Crippen molar-refractivity contribution in [2.45, 2.75) is 35.0 Å². The van der Waals surface area contributed by atoms with Gasteiger partial charge in [0.05, 0.1) is 16.3 Å². The van der Waals surface area contributed by atoms with Gasteiger partial charge < -0.3 is 15.8 Å². The van der Waals surface area contributed by atoms with E-state index in [0.29, 0.717) is 0 Å². The second kappa shape index (κ2) is 6.35. The number of halogens is 3. The molecule has 1 radical (unpaired) electrons. The zero-order valence-electron chi connectivity index (χ0n) is 13.4. The number of benzene rings is 1. The molecule has 0 atom stereocenters. The molecular formula is C16H15F3N3O3S. The zero-order chi connectivity index (χ0) is 19.1. The zero-order valence-corrected chi connectivity index (χ0v) is 14.2. The summed E-state index contributed by atoms with van der Waals surface area (Å²) >= 11 is 0. The Balaban J connectivity index is 1.98. The highest BCUT2D eigenvalue weighted by Crippen LogP contribution is 2.33. The van der Waals surface area contributed by atoms with Crippen LogP contribution in [0.3, 0.4) is 0 Å². The number of hydrogen-bond acceptors (Lipinski definition) is 6. The number of nitrogens with two attached hydrogens (primary N) is 1. The van der Waals surface area contributed by atoms with Gasteiger partial charge in [0.25, 0.3) is 0 Å². The van der Waals surface area contributed by atoms with Crippen molar-refractivity contribution < 1.29 is 26.3 Å². The van der Waals surface area contributed by atoms with Crippen molar-refractivity contribution in [2.75, 3.05) is 11.1 Å². The number of sulfone groups is 1. The van der Waals surface area contributed by atoms with Gasteiger partial charge in [0.1, 0.15) is 16.5 Å². The Bertz CT molecular complexity index is 924. The summed E-state index contributed by atoms with van der Waals surface area (Å²) in [4.78, 5) is 3.75. The van der Waals surface area contributed by atoms with E-state index in [4.69, 9.17) is 5.73 Å². The average molecular weight is 386 g/mol. The van der Waals surface area contributed by atoms with E-state index in [2.05, 4.69) is 22.0 Å². The minimum absolute atomic E-state index is 0.0990. The number of ether oxygens (including phenoxy) is 1. The van der Waals surface area contributed by atoms with Crippen LogP contribution in [0.2, 0.25) is 0 Å². The van der Waals surface area contributed by atoms with Gasteiger partial charge in [-0.1, -0.05) is 0 Å². The van der Waals surface area contributed by atoms with Crippen LogP contribution in [0, 0.1) is 6.92 Å². The molecule has 0 unspecified atom stereocenters. The van der Waals surface area contributed by atoms with Crippen LogP contribution < -0.4 is 15.8 Å². The molecule has 0 saturated heterocycles. The second-order valence-electron chi connectivity index (χ2n) is 5.81. The smallest absolute Gasteiger partial charge is 0.406 e. The van der Waals surface area contributed by atoms with E-state index >= 15 is 0 Å². The van der Waals surface area contributed by atoms with Gasteiger partial charge in [0.2, 0.25) is 9.84 Å².